The van der Waals surface area contributed by atoms with Crippen molar-refractivity contribution in [3.05, 3.63) is 71.7 Å². The van der Waals surface area contributed by atoms with Crippen molar-refractivity contribution in [3.8, 4) is 0 Å². The number of nitrogens with one attached hydrogen (secondary N) is 2. The van der Waals surface area contributed by atoms with Crippen molar-refractivity contribution in [3.63, 3.8) is 0 Å². The minimum atomic E-state index is -0.607. The van der Waals surface area contributed by atoms with Crippen LogP contribution >= 0.6 is 0 Å². The lowest BCUT2D eigenvalue weighted by Crippen LogP contribution is -2.49. The van der Waals surface area contributed by atoms with Crippen LogP contribution in [0.5, 0.6) is 0 Å². The van der Waals surface area contributed by atoms with Gasteiger partial charge in [-0.1, -0.05) is 12.1 Å². The normalized spacial score (nSPS) is 16.7. The van der Waals surface area contributed by atoms with Gasteiger partial charge in [-0.05, 0) is 54.8 Å². The second kappa shape index (κ2) is 6.33. The third kappa shape index (κ3) is 3.03. The summed E-state index contributed by atoms with van der Waals surface area (Å²) in [6.45, 7) is 1.07. The molecule has 0 aliphatic carbocycles. The van der Waals surface area contributed by atoms with Crippen LogP contribution < -0.4 is 5.32 Å². The summed E-state index contributed by atoms with van der Waals surface area (Å²) in [5.41, 5.74) is 1.76. The van der Waals surface area contributed by atoms with E-state index in [1.54, 1.807) is 12.1 Å². The number of hydrogen-bond acceptors (Lipinski definition) is 2. The van der Waals surface area contributed by atoms with Crippen molar-refractivity contribution in [2.75, 3.05) is 13.2 Å². The number of fused-ring (bicyclic) bond motifs is 1. The molecular weight excluding hydrogens is 319 g/mol. The van der Waals surface area contributed by atoms with Crippen LogP contribution in [0, 0.1) is 5.82 Å². The lowest BCUT2D eigenvalue weighted by Gasteiger charge is -2.38. The number of amides is 1. The first-order valence-corrected chi connectivity index (χ1v) is 8.40. The third-order valence-electron chi connectivity index (χ3n) is 4.89. The average Bonchev–Trinajstić information content (AvgIpc) is 3.10. The molecule has 1 saturated heterocycles. The monoisotopic (exact) mass is 338 g/mol. The molecule has 4 nitrogen and oxygen atoms in total. The van der Waals surface area contributed by atoms with Gasteiger partial charge in [-0.25, -0.2) is 4.39 Å². The van der Waals surface area contributed by atoms with E-state index in [1.165, 1.54) is 12.1 Å². The summed E-state index contributed by atoms with van der Waals surface area (Å²) in [5.74, 6) is -0.458. The topological polar surface area (TPSA) is 54.1 Å². The molecule has 1 fully saturated rings. The van der Waals surface area contributed by atoms with E-state index in [1.807, 2.05) is 30.5 Å². The van der Waals surface area contributed by atoms with Crippen molar-refractivity contribution in [2.24, 2.45) is 0 Å². The Hall–Kier alpha value is -2.66. The van der Waals surface area contributed by atoms with Gasteiger partial charge < -0.3 is 15.0 Å². The lowest BCUT2D eigenvalue weighted by atomic mass is 9.82. The fourth-order valence-corrected chi connectivity index (χ4v) is 3.48. The largest absolute Gasteiger partial charge is 0.381 e. The van der Waals surface area contributed by atoms with Crippen LogP contribution in [-0.2, 0) is 10.3 Å². The maximum Gasteiger partial charge on any atom is 0.251 e. The van der Waals surface area contributed by atoms with Gasteiger partial charge in [0.2, 0.25) is 0 Å². The summed E-state index contributed by atoms with van der Waals surface area (Å²) in [6.07, 6.45) is 3.09. The van der Waals surface area contributed by atoms with Crippen LogP contribution in [-0.4, -0.2) is 24.1 Å². The van der Waals surface area contributed by atoms with Gasteiger partial charge in [0, 0.05) is 35.9 Å². The lowest BCUT2D eigenvalue weighted by molar-refractivity contribution is 0.0344. The van der Waals surface area contributed by atoms with Crippen molar-refractivity contribution in [1.29, 1.82) is 0 Å². The fraction of sp³-hybridized carbons (Fsp3) is 0.250. The molecule has 1 aliphatic rings. The van der Waals surface area contributed by atoms with Crippen LogP contribution in [0.4, 0.5) is 4.39 Å². The number of aromatic nitrogens is 1. The molecule has 128 valence electrons. The quantitative estimate of drug-likeness (QED) is 0.764. The minimum Gasteiger partial charge on any atom is -0.381 e. The molecule has 1 amide bonds. The Kier molecular flexibility index (Phi) is 4.01. The van der Waals surface area contributed by atoms with E-state index in [4.69, 9.17) is 4.74 Å². The van der Waals surface area contributed by atoms with E-state index in [0.717, 1.165) is 16.5 Å². The molecular formula is C20H19FN2O2. The number of rotatable bonds is 3. The second-order valence-electron chi connectivity index (χ2n) is 6.44. The van der Waals surface area contributed by atoms with E-state index in [-0.39, 0.29) is 11.7 Å². The Labute approximate surface area is 145 Å². The van der Waals surface area contributed by atoms with Crippen LogP contribution in [0.2, 0.25) is 0 Å². The predicted octanol–water partition coefficient (Wildman–Crippen LogP) is 3.74. The van der Waals surface area contributed by atoms with Gasteiger partial charge in [-0.2, -0.15) is 0 Å². The zero-order valence-electron chi connectivity index (χ0n) is 13.7. The molecule has 3 aromatic rings. The van der Waals surface area contributed by atoms with Crippen molar-refractivity contribution in [1.82, 2.24) is 10.3 Å². The summed E-state index contributed by atoms with van der Waals surface area (Å²) in [6, 6.07) is 13.9. The number of hydrogen-bond donors (Lipinski definition) is 2. The Bertz CT molecular complexity index is 913. The van der Waals surface area contributed by atoms with Gasteiger partial charge in [0.15, 0.2) is 0 Å². The number of halogens is 1. The van der Waals surface area contributed by atoms with Crippen molar-refractivity contribution < 1.29 is 13.9 Å². The number of H-pyrrole nitrogens is 1. The first-order chi connectivity index (χ1) is 12.2. The average molecular weight is 338 g/mol. The number of aromatic amines is 1. The first-order valence-electron chi connectivity index (χ1n) is 8.40. The molecule has 0 spiro atoms. The maximum atomic E-state index is 13.7. The predicted molar refractivity (Wildman–Crippen MR) is 93.9 cm³/mol. The number of ether oxygens (including phenoxy) is 1. The van der Waals surface area contributed by atoms with Gasteiger partial charge in [0.05, 0.1) is 5.54 Å². The highest BCUT2D eigenvalue weighted by Gasteiger charge is 2.36. The third-order valence-corrected chi connectivity index (χ3v) is 4.89. The fourth-order valence-electron chi connectivity index (χ4n) is 3.48. The molecule has 1 aromatic heterocycles. The Morgan fingerprint density at radius 2 is 1.96 bits per heavy atom. The standard InChI is InChI=1S/C20H19FN2O2/c21-17-3-1-2-16(13-17)20(7-10-25-11-8-20)23-19(24)15-4-5-18-14(12-15)6-9-22-18/h1-6,9,12-13,22H,7-8,10-11H2,(H,23,24). The second-order valence-corrected chi connectivity index (χ2v) is 6.44. The molecule has 1 aliphatic heterocycles. The highest BCUT2D eigenvalue weighted by Crippen LogP contribution is 2.33. The van der Waals surface area contributed by atoms with Crippen LogP contribution in [0.15, 0.2) is 54.7 Å². The highest BCUT2D eigenvalue weighted by molar-refractivity contribution is 5.98. The van der Waals surface area contributed by atoms with Crippen LogP contribution in [0.25, 0.3) is 10.9 Å². The summed E-state index contributed by atoms with van der Waals surface area (Å²) in [7, 11) is 0. The van der Waals surface area contributed by atoms with Gasteiger partial charge in [-0.15, -0.1) is 0 Å². The molecule has 5 heteroatoms. The zero-order chi connectivity index (χ0) is 17.3. The summed E-state index contributed by atoms with van der Waals surface area (Å²) in [5, 5.41) is 4.14. The van der Waals surface area contributed by atoms with Crippen molar-refractivity contribution >= 4 is 16.8 Å². The minimum absolute atomic E-state index is 0.158. The number of benzene rings is 2. The molecule has 0 saturated carbocycles. The van der Waals surface area contributed by atoms with Gasteiger partial charge >= 0.3 is 0 Å². The van der Waals surface area contributed by atoms with Crippen molar-refractivity contribution in [2.45, 2.75) is 18.4 Å². The highest BCUT2D eigenvalue weighted by atomic mass is 19.1. The number of carbonyl (C=O) groups is 1. The molecule has 2 aromatic carbocycles. The molecule has 0 radical (unpaired) electrons. The Morgan fingerprint density at radius 1 is 1.12 bits per heavy atom. The van der Waals surface area contributed by atoms with E-state index < -0.39 is 5.54 Å². The molecule has 25 heavy (non-hydrogen) atoms. The van der Waals surface area contributed by atoms with Gasteiger partial charge in [-0.3, -0.25) is 4.79 Å². The maximum absolute atomic E-state index is 13.7. The van der Waals surface area contributed by atoms with Crippen LogP contribution in [0.3, 0.4) is 0 Å². The molecule has 0 atom stereocenters. The number of carbonyl (C=O) groups excluding carboxylic acids is 1. The van der Waals surface area contributed by atoms with Crippen LogP contribution in [0.1, 0.15) is 28.8 Å². The first kappa shape index (κ1) is 15.8. The zero-order valence-corrected chi connectivity index (χ0v) is 13.7. The summed E-state index contributed by atoms with van der Waals surface area (Å²) in [4.78, 5) is 16.0. The van der Waals surface area contributed by atoms with Gasteiger partial charge in [0.1, 0.15) is 5.82 Å². The molecule has 4 rings (SSSR count). The molecule has 0 unspecified atom stereocenters. The van der Waals surface area contributed by atoms with E-state index in [9.17, 15) is 9.18 Å². The van der Waals surface area contributed by atoms with E-state index in [0.29, 0.717) is 31.6 Å². The SMILES string of the molecule is O=C(NC1(c2cccc(F)c2)CCOCC1)c1ccc2[nH]ccc2c1. The molecule has 2 N–H and O–H groups in total. The van der Waals surface area contributed by atoms with Gasteiger partial charge in [0.25, 0.3) is 5.91 Å². The molecule has 2 heterocycles. The summed E-state index contributed by atoms with van der Waals surface area (Å²) < 4.78 is 19.2. The van der Waals surface area contributed by atoms with E-state index >= 15 is 0 Å². The Balaban J connectivity index is 1.67. The molecule has 0 bridgehead atoms. The van der Waals surface area contributed by atoms with E-state index in [2.05, 4.69) is 10.3 Å². The Morgan fingerprint density at radius 3 is 2.76 bits per heavy atom. The summed E-state index contributed by atoms with van der Waals surface area (Å²) >= 11 is 0. The smallest absolute Gasteiger partial charge is 0.251 e.